The molecular formula is C26H24N2O8. The van der Waals surface area contributed by atoms with Crippen molar-refractivity contribution in [1.29, 1.82) is 0 Å². The van der Waals surface area contributed by atoms with E-state index in [0.29, 0.717) is 17.2 Å². The average molecular weight is 492 g/mol. The summed E-state index contributed by atoms with van der Waals surface area (Å²) in [7, 11) is 2.77. The third-order valence-corrected chi connectivity index (χ3v) is 4.75. The zero-order chi connectivity index (χ0) is 25.9. The fourth-order valence-corrected chi connectivity index (χ4v) is 3.01. The fourth-order valence-electron chi connectivity index (χ4n) is 3.01. The number of para-hydroxylation sites is 1. The quantitative estimate of drug-likeness (QED) is 0.413. The molecule has 0 saturated carbocycles. The van der Waals surface area contributed by atoms with Crippen LogP contribution in [0.25, 0.3) is 0 Å². The molecule has 36 heavy (non-hydrogen) atoms. The molecule has 0 saturated heterocycles. The Morgan fingerprint density at radius 2 is 1.44 bits per heavy atom. The number of amides is 2. The molecule has 0 bridgehead atoms. The third kappa shape index (κ3) is 7.32. The molecule has 3 rings (SSSR count). The van der Waals surface area contributed by atoms with Crippen LogP contribution in [0.4, 0.5) is 11.4 Å². The predicted octanol–water partition coefficient (Wildman–Crippen LogP) is 3.29. The van der Waals surface area contributed by atoms with Gasteiger partial charge in [-0.3, -0.25) is 9.59 Å². The molecule has 2 amide bonds. The smallest absolute Gasteiger partial charge is 0.339 e. The van der Waals surface area contributed by atoms with Gasteiger partial charge < -0.3 is 29.6 Å². The van der Waals surface area contributed by atoms with Crippen LogP contribution in [0.2, 0.25) is 0 Å². The number of anilines is 2. The summed E-state index contributed by atoms with van der Waals surface area (Å²) in [5, 5.41) is 5.20. The predicted molar refractivity (Wildman–Crippen MR) is 130 cm³/mol. The maximum Gasteiger partial charge on any atom is 0.339 e. The van der Waals surface area contributed by atoms with Crippen molar-refractivity contribution < 1.29 is 38.1 Å². The van der Waals surface area contributed by atoms with E-state index in [4.69, 9.17) is 14.2 Å². The van der Waals surface area contributed by atoms with E-state index in [1.807, 2.05) is 0 Å². The number of benzene rings is 3. The minimum absolute atomic E-state index is 0.174. The number of carbonyl (C=O) groups is 4. The van der Waals surface area contributed by atoms with Crippen molar-refractivity contribution in [2.24, 2.45) is 0 Å². The molecule has 3 aromatic rings. The van der Waals surface area contributed by atoms with Gasteiger partial charge in [0, 0.05) is 11.8 Å². The van der Waals surface area contributed by atoms with E-state index in [1.165, 1.54) is 50.6 Å². The summed E-state index contributed by atoms with van der Waals surface area (Å²) in [6.45, 7) is -0.800. The lowest BCUT2D eigenvalue weighted by Crippen LogP contribution is -2.22. The molecule has 0 unspecified atom stereocenters. The van der Waals surface area contributed by atoms with Gasteiger partial charge in [0.25, 0.3) is 11.8 Å². The first-order valence-corrected chi connectivity index (χ1v) is 10.7. The Balaban J connectivity index is 1.46. The number of ether oxygens (including phenoxy) is 4. The maximum absolute atomic E-state index is 12.3. The highest BCUT2D eigenvalue weighted by molar-refractivity contribution is 6.02. The number of hydrogen-bond acceptors (Lipinski definition) is 8. The van der Waals surface area contributed by atoms with Crippen molar-refractivity contribution in [3.8, 4) is 11.5 Å². The normalized spacial score (nSPS) is 10.1. The minimum atomic E-state index is -0.728. The molecular weight excluding hydrogens is 468 g/mol. The van der Waals surface area contributed by atoms with Gasteiger partial charge in [0.2, 0.25) is 0 Å². The number of hydrogen-bond donors (Lipinski definition) is 2. The molecule has 0 heterocycles. The minimum Gasteiger partial charge on any atom is -0.497 e. The van der Waals surface area contributed by atoms with Crippen molar-refractivity contribution in [3.63, 3.8) is 0 Å². The van der Waals surface area contributed by atoms with E-state index >= 15 is 0 Å². The summed E-state index contributed by atoms with van der Waals surface area (Å²) >= 11 is 0. The average Bonchev–Trinajstić information content (AvgIpc) is 2.90. The number of methoxy groups -OCH3 is 2. The topological polar surface area (TPSA) is 129 Å². The molecule has 10 heteroatoms. The lowest BCUT2D eigenvalue weighted by Gasteiger charge is -2.10. The fraction of sp³-hybridized carbons (Fsp3) is 0.154. The van der Waals surface area contributed by atoms with Crippen molar-refractivity contribution in [2.75, 3.05) is 38.1 Å². The molecule has 3 aromatic carbocycles. The summed E-state index contributed by atoms with van der Waals surface area (Å²) < 4.78 is 20.3. The second-order valence-electron chi connectivity index (χ2n) is 7.25. The number of esters is 2. The molecule has 0 aliphatic carbocycles. The van der Waals surface area contributed by atoms with Crippen molar-refractivity contribution in [3.05, 3.63) is 83.9 Å². The molecule has 0 fully saturated rings. The number of rotatable bonds is 10. The summed E-state index contributed by atoms with van der Waals surface area (Å²) in [6.07, 6.45) is 0. The largest absolute Gasteiger partial charge is 0.497 e. The van der Waals surface area contributed by atoms with E-state index in [9.17, 15) is 19.2 Å². The lowest BCUT2D eigenvalue weighted by molar-refractivity contribution is -0.119. The van der Waals surface area contributed by atoms with Crippen LogP contribution in [0.3, 0.4) is 0 Å². The zero-order valence-electron chi connectivity index (χ0n) is 19.6. The van der Waals surface area contributed by atoms with Crippen LogP contribution in [0.5, 0.6) is 11.5 Å². The molecule has 0 aromatic heterocycles. The van der Waals surface area contributed by atoms with Crippen LogP contribution >= 0.6 is 0 Å². The van der Waals surface area contributed by atoms with Crippen LogP contribution in [-0.2, 0) is 19.1 Å². The van der Waals surface area contributed by atoms with Gasteiger partial charge in [-0.1, -0.05) is 18.2 Å². The first-order chi connectivity index (χ1) is 17.4. The van der Waals surface area contributed by atoms with E-state index in [1.54, 1.807) is 36.4 Å². The first kappa shape index (κ1) is 25.8. The van der Waals surface area contributed by atoms with Crippen molar-refractivity contribution in [1.82, 2.24) is 0 Å². The third-order valence-electron chi connectivity index (χ3n) is 4.75. The van der Waals surface area contributed by atoms with Crippen LogP contribution in [0, 0.1) is 0 Å². The molecule has 0 atom stereocenters. The second kappa shape index (κ2) is 12.6. The van der Waals surface area contributed by atoms with Crippen LogP contribution in [0.15, 0.2) is 72.8 Å². The highest BCUT2D eigenvalue weighted by Gasteiger charge is 2.15. The van der Waals surface area contributed by atoms with Gasteiger partial charge in [0.1, 0.15) is 11.5 Å². The van der Waals surface area contributed by atoms with E-state index in [-0.39, 0.29) is 29.3 Å². The number of carbonyl (C=O) groups excluding carboxylic acids is 4. The van der Waals surface area contributed by atoms with Gasteiger partial charge in [-0.05, 0) is 48.5 Å². The Kier molecular flexibility index (Phi) is 8.99. The molecule has 0 radical (unpaired) electrons. The highest BCUT2D eigenvalue weighted by atomic mass is 16.5. The van der Waals surface area contributed by atoms with Gasteiger partial charge >= 0.3 is 11.9 Å². The van der Waals surface area contributed by atoms with Gasteiger partial charge in [0.05, 0.1) is 31.0 Å². The molecule has 0 spiro atoms. The van der Waals surface area contributed by atoms with E-state index < -0.39 is 24.5 Å². The Morgan fingerprint density at radius 3 is 2.17 bits per heavy atom. The Morgan fingerprint density at radius 1 is 0.722 bits per heavy atom. The zero-order valence-corrected chi connectivity index (χ0v) is 19.6. The SMILES string of the molecule is COC(=O)c1ccccc1NC(=O)COC(=O)c1ccc(OCC(=O)Nc2cccc(OC)c2)cc1. The second-order valence-corrected chi connectivity index (χ2v) is 7.25. The Bertz CT molecular complexity index is 1240. The van der Waals surface area contributed by atoms with Crippen LogP contribution in [-0.4, -0.2) is 51.2 Å². The Hall–Kier alpha value is -4.86. The first-order valence-electron chi connectivity index (χ1n) is 10.7. The maximum atomic E-state index is 12.3. The van der Waals surface area contributed by atoms with Gasteiger partial charge in [-0.25, -0.2) is 9.59 Å². The lowest BCUT2D eigenvalue weighted by atomic mass is 10.2. The molecule has 186 valence electrons. The molecule has 2 N–H and O–H groups in total. The summed E-state index contributed by atoms with van der Waals surface area (Å²) in [5.74, 6) is -1.35. The van der Waals surface area contributed by atoms with Gasteiger partial charge in [0.15, 0.2) is 13.2 Å². The van der Waals surface area contributed by atoms with Gasteiger partial charge in [-0.15, -0.1) is 0 Å². The highest BCUT2D eigenvalue weighted by Crippen LogP contribution is 2.18. The van der Waals surface area contributed by atoms with Gasteiger partial charge in [-0.2, -0.15) is 0 Å². The summed E-state index contributed by atoms with van der Waals surface area (Å²) in [4.78, 5) is 48.3. The summed E-state index contributed by atoms with van der Waals surface area (Å²) in [5.41, 5.74) is 1.17. The van der Waals surface area contributed by atoms with Crippen molar-refractivity contribution >= 4 is 35.1 Å². The summed E-state index contributed by atoms with van der Waals surface area (Å²) in [6, 6.07) is 19.1. The van der Waals surface area contributed by atoms with Crippen LogP contribution < -0.4 is 20.1 Å². The Labute approximate surface area is 207 Å². The number of nitrogens with one attached hydrogen (secondary N) is 2. The molecule has 10 nitrogen and oxygen atoms in total. The molecule has 0 aliphatic heterocycles. The monoisotopic (exact) mass is 492 g/mol. The van der Waals surface area contributed by atoms with Crippen molar-refractivity contribution in [2.45, 2.75) is 0 Å². The van der Waals surface area contributed by atoms with E-state index in [2.05, 4.69) is 15.4 Å². The van der Waals surface area contributed by atoms with E-state index in [0.717, 1.165) is 0 Å². The van der Waals surface area contributed by atoms with Crippen LogP contribution in [0.1, 0.15) is 20.7 Å². The molecule has 0 aliphatic rings. The standard InChI is InChI=1S/C26H24N2O8/c1-33-20-7-5-6-18(14-20)27-23(29)15-35-19-12-10-17(11-13-19)25(31)36-16-24(30)28-22-9-4-3-8-21(22)26(32)34-2/h3-14H,15-16H2,1-2H3,(H,27,29)(H,28,30).